The van der Waals surface area contributed by atoms with Gasteiger partial charge in [0, 0.05) is 0 Å². The second kappa shape index (κ2) is 5.55. The molecule has 0 aliphatic heterocycles. The molecule has 1 unspecified atom stereocenters. The van der Waals surface area contributed by atoms with Crippen molar-refractivity contribution in [1.29, 1.82) is 0 Å². The van der Waals surface area contributed by atoms with Gasteiger partial charge in [0.25, 0.3) is 0 Å². The lowest BCUT2D eigenvalue weighted by Crippen LogP contribution is -2.32. The Hall–Kier alpha value is -0.0831. The first kappa shape index (κ1) is 10.9. The van der Waals surface area contributed by atoms with Gasteiger partial charge in [-0.25, -0.2) is 0 Å². The lowest BCUT2D eigenvalue weighted by Gasteiger charge is -2.20. The van der Waals surface area contributed by atoms with Crippen LogP contribution in [0.25, 0.3) is 0 Å². The maximum absolute atomic E-state index is 2.51. The average Bonchev–Trinajstić information content (AvgIpc) is 1.86. The van der Waals surface area contributed by atoms with E-state index in [9.17, 15) is 0 Å². The van der Waals surface area contributed by atoms with Crippen LogP contribution in [-0.2, 0) is 0 Å². The molecule has 1 nitrogen and oxygen atoms in total. The minimum absolute atomic E-state index is 0.701. The van der Waals surface area contributed by atoms with E-state index < -0.39 is 8.96 Å². The van der Waals surface area contributed by atoms with Crippen LogP contribution in [0, 0.1) is 0 Å². The van der Waals surface area contributed by atoms with Crippen molar-refractivity contribution in [3.63, 3.8) is 0 Å². The molecule has 0 saturated carbocycles. The van der Waals surface area contributed by atoms with Crippen LogP contribution in [-0.4, -0.2) is 27.1 Å². The Bertz CT molecular complexity index is 128. The Morgan fingerprint density at radius 3 is 2.36 bits per heavy atom. The quantitative estimate of drug-likeness (QED) is 0.586. The summed E-state index contributed by atoms with van der Waals surface area (Å²) in [5.41, 5.74) is 3.91. The molecule has 0 N–H and O–H groups in total. The molecule has 0 rings (SSSR count). The third-order valence-corrected chi connectivity index (χ3v) is 4.64. The molecule has 0 aliphatic rings. The molecule has 11 heavy (non-hydrogen) atoms. The van der Waals surface area contributed by atoms with Crippen molar-refractivity contribution in [2.45, 2.75) is 33.7 Å². The van der Waals surface area contributed by atoms with E-state index in [-0.39, 0.29) is 0 Å². The minimum atomic E-state index is -0.701. The predicted octanol–water partition coefficient (Wildman–Crippen LogP) is 2.19. The average molecular weight is 171 g/mol. The molecule has 0 bridgehead atoms. The zero-order chi connectivity index (χ0) is 8.85. The summed E-state index contributed by atoms with van der Waals surface area (Å²) < 4.78 is 2.51. The SMILES string of the molecule is CCCN(C)[SiH](C)C=C(C)C. The van der Waals surface area contributed by atoms with Gasteiger partial charge in [-0.2, -0.15) is 0 Å². The van der Waals surface area contributed by atoms with Crippen LogP contribution in [0.5, 0.6) is 0 Å². The van der Waals surface area contributed by atoms with Crippen molar-refractivity contribution in [2.24, 2.45) is 0 Å². The fourth-order valence-corrected chi connectivity index (χ4v) is 3.05. The Kier molecular flexibility index (Phi) is 5.51. The second-order valence-corrected chi connectivity index (χ2v) is 6.16. The van der Waals surface area contributed by atoms with Crippen LogP contribution < -0.4 is 0 Å². The normalized spacial score (nSPS) is 13.3. The maximum Gasteiger partial charge on any atom is 0.132 e. The highest BCUT2D eigenvalue weighted by Gasteiger charge is 2.05. The molecular weight excluding hydrogens is 150 g/mol. The molecule has 0 aromatic carbocycles. The lowest BCUT2D eigenvalue weighted by atomic mass is 10.4. The van der Waals surface area contributed by atoms with Crippen molar-refractivity contribution < 1.29 is 0 Å². The Labute approximate surface area is 72.8 Å². The largest absolute Gasteiger partial charge is 0.326 e. The number of rotatable bonds is 4. The number of hydrogen-bond acceptors (Lipinski definition) is 1. The smallest absolute Gasteiger partial charge is 0.132 e. The van der Waals surface area contributed by atoms with Gasteiger partial charge in [0.05, 0.1) is 0 Å². The van der Waals surface area contributed by atoms with E-state index in [1.54, 1.807) is 0 Å². The molecule has 0 amide bonds. The molecule has 0 spiro atoms. The molecule has 1 atom stereocenters. The maximum atomic E-state index is 2.51. The number of nitrogens with zero attached hydrogens (tertiary/aromatic N) is 1. The van der Waals surface area contributed by atoms with Crippen molar-refractivity contribution >= 4 is 8.96 Å². The van der Waals surface area contributed by atoms with E-state index in [2.05, 4.69) is 44.6 Å². The molecule has 0 aromatic rings. The van der Waals surface area contributed by atoms with Crippen LogP contribution in [0.1, 0.15) is 27.2 Å². The van der Waals surface area contributed by atoms with Crippen molar-refractivity contribution in [3.05, 3.63) is 11.3 Å². The topological polar surface area (TPSA) is 3.24 Å². The van der Waals surface area contributed by atoms with Gasteiger partial charge in [-0.05, 0) is 33.9 Å². The lowest BCUT2D eigenvalue weighted by molar-refractivity contribution is 0.522. The van der Waals surface area contributed by atoms with Crippen molar-refractivity contribution in [2.75, 3.05) is 13.6 Å². The van der Waals surface area contributed by atoms with E-state index >= 15 is 0 Å². The standard InChI is InChI=1S/C9H21NSi/c1-6-7-10(4)11(5)8-9(2)3/h8,11H,6-7H2,1-5H3. The van der Waals surface area contributed by atoms with Crippen molar-refractivity contribution in [3.8, 4) is 0 Å². The predicted molar refractivity (Wildman–Crippen MR) is 55.4 cm³/mol. The zero-order valence-corrected chi connectivity index (χ0v) is 9.67. The number of hydrogen-bond donors (Lipinski definition) is 0. The number of allylic oxidation sites excluding steroid dienone is 1. The fraction of sp³-hybridized carbons (Fsp3) is 0.778. The monoisotopic (exact) mass is 171 g/mol. The molecule has 66 valence electrons. The summed E-state index contributed by atoms with van der Waals surface area (Å²) in [7, 11) is 1.54. The molecular formula is C9H21NSi. The molecule has 0 aliphatic carbocycles. The van der Waals surface area contributed by atoms with Gasteiger partial charge in [0.1, 0.15) is 8.96 Å². The molecule has 0 radical (unpaired) electrons. The van der Waals surface area contributed by atoms with Gasteiger partial charge in [0.15, 0.2) is 0 Å². The third-order valence-electron chi connectivity index (χ3n) is 1.85. The van der Waals surface area contributed by atoms with Gasteiger partial charge in [0.2, 0.25) is 0 Å². The zero-order valence-electron chi connectivity index (χ0n) is 8.52. The van der Waals surface area contributed by atoms with Crippen LogP contribution in [0.2, 0.25) is 6.55 Å². The molecule has 0 saturated heterocycles. The summed E-state index contributed by atoms with van der Waals surface area (Å²) in [5.74, 6) is 0. The highest BCUT2D eigenvalue weighted by atomic mass is 28.3. The van der Waals surface area contributed by atoms with Gasteiger partial charge in [-0.3, -0.25) is 0 Å². The van der Waals surface area contributed by atoms with E-state index in [4.69, 9.17) is 0 Å². The minimum Gasteiger partial charge on any atom is -0.326 e. The Balaban J connectivity index is 3.82. The first-order valence-electron chi connectivity index (χ1n) is 4.43. The first-order valence-corrected chi connectivity index (χ1v) is 6.77. The second-order valence-electron chi connectivity index (χ2n) is 3.47. The summed E-state index contributed by atoms with van der Waals surface area (Å²) in [6.07, 6.45) is 1.27. The van der Waals surface area contributed by atoms with Crippen LogP contribution >= 0.6 is 0 Å². The first-order chi connectivity index (χ1) is 5.07. The molecule has 0 heterocycles. The highest BCUT2D eigenvalue weighted by molar-refractivity contribution is 6.60. The molecule has 0 fully saturated rings. The molecule has 2 heteroatoms. The van der Waals surface area contributed by atoms with Gasteiger partial charge in [-0.15, -0.1) is 0 Å². The Morgan fingerprint density at radius 1 is 1.45 bits per heavy atom. The summed E-state index contributed by atoms with van der Waals surface area (Å²) >= 11 is 0. The Morgan fingerprint density at radius 2 is 2.00 bits per heavy atom. The highest BCUT2D eigenvalue weighted by Crippen LogP contribution is 1.98. The third kappa shape index (κ3) is 5.22. The van der Waals surface area contributed by atoms with Gasteiger partial charge >= 0.3 is 0 Å². The summed E-state index contributed by atoms with van der Waals surface area (Å²) in [5, 5.41) is 0. The van der Waals surface area contributed by atoms with E-state index in [1.807, 2.05) is 0 Å². The summed E-state index contributed by atoms with van der Waals surface area (Å²) in [4.78, 5) is 0. The summed E-state index contributed by atoms with van der Waals surface area (Å²) in [6, 6.07) is 0. The summed E-state index contributed by atoms with van der Waals surface area (Å²) in [6.45, 7) is 10.2. The van der Waals surface area contributed by atoms with Crippen molar-refractivity contribution in [1.82, 2.24) is 4.57 Å². The van der Waals surface area contributed by atoms with Crippen LogP contribution in [0.3, 0.4) is 0 Å². The molecule has 0 aromatic heterocycles. The fourth-order valence-electron chi connectivity index (χ4n) is 1.17. The van der Waals surface area contributed by atoms with E-state index in [0.29, 0.717) is 0 Å². The van der Waals surface area contributed by atoms with Gasteiger partial charge in [-0.1, -0.05) is 24.7 Å². The van der Waals surface area contributed by atoms with Crippen LogP contribution in [0.4, 0.5) is 0 Å². The van der Waals surface area contributed by atoms with E-state index in [0.717, 1.165) is 0 Å². The van der Waals surface area contributed by atoms with Crippen LogP contribution in [0.15, 0.2) is 11.3 Å². The van der Waals surface area contributed by atoms with Gasteiger partial charge < -0.3 is 4.57 Å². The van der Waals surface area contributed by atoms with E-state index in [1.165, 1.54) is 18.5 Å².